The smallest absolute Gasteiger partial charge is 0.299 e. The number of carbonyl (C=O) groups is 1. The van der Waals surface area contributed by atoms with E-state index in [-0.39, 0.29) is 0 Å². The van der Waals surface area contributed by atoms with Gasteiger partial charge in [-0.25, -0.2) is 4.68 Å². The number of aromatic nitrogens is 2. The van der Waals surface area contributed by atoms with Crippen LogP contribution in [0.2, 0.25) is 0 Å². The van der Waals surface area contributed by atoms with Gasteiger partial charge in [0.05, 0.1) is 5.69 Å². The highest BCUT2D eigenvalue weighted by Crippen LogP contribution is 2.15. The van der Waals surface area contributed by atoms with Crippen molar-refractivity contribution in [1.29, 1.82) is 0 Å². The second-order valence-electron chi connectivity index (χ2n) is 3.60. The normalized spacial score (nSPS) is 10.6. The molecule has 0 fully saturated rings. The Hall–Kier alpha value is -1.32. The van der Waals surface area contributed by atoms with Gasteiger partial charge >= 0.3 is 0 Å². The van der Waals surface area contributed by atoms with Crippen LogP contribution in [-0.2, 0) is 17.8 Å². The van der Waals surface area contributed by atoms with E-state index < -0.39 is 0 Å². The molecule has 0 aliphatic rings. The van der Waals surface area contributed by atoms with Crippen molar-refractivity contribution in [3.05, 3.63) is 11.8 Å². The fraction of sp³-hybridized carbons (Fsp3) is 0.600. The van der Waals surface area contributed by atoms with Crippen molar-refractivity contribution in [3.8, 4) is 5.88 Å². The van der Waals surface area contributed by atoms with Gasteiger partial charge < -0.3 is 4.74 Å². The monoisotopic (exact) mass is 196 g/mol. The Bertz CT molecular complexity index is 305. The van der Waals surface area contributed by atoms with Crippen molar-refractivity contribution in [2.45, 2.75) is 33.7 Å². The molecule has 0 radical (unpaired) electrons. The molecular weight excluding hydrogens is 180 g/mol. The summed E-state index contributed by atoms with van der Waals surface area (Å²) in [7, 11) is 0. The molecule has 1 aromatic heterocycles. The van der Waals surface area contributed by atoms with Crippen molar-refractivity contribution in [2.75, 3.05) is 0 Å². The van der Waals surface area contributed by atoms with Crippen LogP contribution in [0.5, 0.6) is 5.88 Å². The average Bonchev–Trinajstić information content (AvgIpc) is 2.47. The molecule has 0 aliphatic heterocycles. The molecule has 1 rings (SSSR count). The van der Waals surface area contributed by atoms with E-state index in [9.17, 15) is 4.79 Å². The molecule has 4 nitrogen and oxygen atoms in total. The molecule has 0 N–H and O–H groups in total. The van der Waals surface area contributed by atoms with E-state index in [1.54, 1.807) is 4.68 Å². The Morgan fingerprint density at radius 2 is 2.36 bits per heavy atom. The van der Waals surface area contributed by atoms with E-state index in [4.69, 9.17) is 4.74 Å². The van der Waals surface area contributed by atoms with Gasteiger partial charge in [-0.2, -0.15) is 5.10 Å². The summed E-state index contributed by atoms with van der Waals surface area (Å²) in [6.45, 7) is 7.36. The van der Waals surface area contributed by atoms with E-state index in [0.717, 1.165) is 12.1 Å². The average molecular weight is 196 g/mol. The zero-order valence-corrected chi connectivity index (χ0v) is 8.86. The van der Waals surface area contributed by atoms with Crippen LogP contribution in [0, 0.1) is 5.92 Å². The minimum Gasteiger partial charge on any atom is -0.410 e. The molecule has 0 spiro atoms. The van der Waals surface area contributed by atoms with Gasteiger partial charge in [-0.05, 0) is 19.3 Å². The predicted octanol–water partition coefficient (Wildman–Crippen LogP) is 1.64. The molecule has 0 aromatic carbocycles. The summed E-state index contributed by atoms with van der Waals surface area (Å²) in [5.74, 6) is 1.08. The third kappa shape index (κ3) is 2.58. The Morgan fingerprint density at radius 3 is 2.86 bits per heavy atom. The first-order valence-corrected chi connectivity index (χ1v) is 4.84. The SMILES string of the molecule is CCn1nc(CC(C)C)cc1OC=O. The molecular formula is C10H16N2O2. The molecule has 1 heterocycles. The molecule has 0 atom stereocenters. The summed E-state index contributed by atoms with van der Waals surface area (Å²) >= 11 is 0. The fourth-order valence-corrected chi connectivity index (χ4v) is 1.34. The number of hydrogen-bond donors (Lipinski definition) is 0. The van der Waals surface area contributed by atoms with Crippen molar-refractivity contribution >= 4 is 6.47 Å². The van der Waals surface area contributed by atoms with Crippen molar-refractivity contribution < 1.29 is 9.53 Å². The zero-order chi connectivity index (χ0) is 10.6. The van der Waals surface area contributed by atoms with Crippen LogP contribution in [0.4, 0.5) is 0 Å². The van der Waals surface area contributed by atoms with E-state index >= 15 is 0 Å². The Balaban J connectivity index is 2.82. The van der Waals surface area contributed by atoms with Gasteiger partial charge in [0.2, 0.25) is 5.88 Å². The van der Waals surface area contributed by atoms with E-state index in [0.29, 0.717) is 24.8 Å². The van der Waals surface area contributed by atoms with Crippen LogP contribution in [0.25, 0.3) is 0 Å². The summed E-state index contributed by atoms with van der Waals surface area (Å²) in [4.78, 5) is 10.2. The molecule has 0 unspecified atom stereocenters. The van der Waals surface area contributed by atoms with Gasteiger partial charge in [0.1, 0.15) is 0 Å². The lowest BCUT2D eigenvalue weighted by Gasteiger charge is -2.00. The molecule has 0 bridgehead atoms. The summed E-state index contributed by atoms with van der Waals surface area (Å²) in [5.41, 5.74) is 0.971. The molecule has 14 heavy (non-hydrogen) atoms. The van der Waals surface area contributed by atoms with Crippen molar-refractivity contribution in [2.24, 2.45) is 5.92 Å². The minimum absolute atomic E-state index is 0.433. The molecule has 0 amide bonds. The number of ether oxygens (including phenoxy) is 1. The van der Waals surface area contributed by atoms with E-state index in [1.165, 1.54) is 0 Å². The lowest BCUT2D eigenvalue weighted by Crippen LogP contribution is -2.02. The van der Waals surface area contributed by atoms with Crippen LogP contribution in [0.15, 0.2) is 6.07 Å². The maximum Gasteiger partial charge on any atom is 0.299 e. The molecule has 78 valence electrons. The number of hydrogen-bond acceptors (Lipinski definition) is 3. The summed E-state index contributed by atoms with van der Waals surface area (Å²) in [5, 5.41) is 4.32. The number of aryl methyl sites for hydroxylation is 1. The van der Waals surface area contributed by atoms with Gasteiger partial charge in [0, 0.05) is 12.6 Å². The molecule has 0 saturated carbocycles. The van der Waals surface area contributed by atoms with Crippen LogP contribution in [-0.4, -0.2) is 16.3 Å². The van der Waals surface area contributed by atoms with Gasteiger partial charge in [0.25, 0.3) is 6.47 Å². The number of carbonyl (C=O) groups excluding carboxylic acids is 1. The van der Waals surface area contributed by atoms with Gasteiger partial charge in [-0.1, -0.05) is 13.8 Å². The predicted molar refractivity (Wildman–Crippen MR) is 53.1 cm³/mol. The Morgan fingerprint density at radius 1 is 1.64 bits per heavy atom. The second kappa shape index (κ2) is 4.79. The quantitative estimate of drug-likeness (QED) is 0.672. The number of rotatable bonds is 5. The number of nitrogens with zero attached hydrogens (tertiary/aromatic N) is 2. The van der Waals surface area contributed by atoms with Crippen LogP contribution in [0.3, 0.4) is 0 Å². The summed E-state index contributed by atoms with van der Waals surface area (Å²) in [6, 6.07) is 1.82. The van der Waals surface area contributed by atoms with Gasteiger partial charge in [0.15, 0.2) is 0 Å². The zero-order valence-electron chi connectivity index (χ0n) is 8.86. The van der Waals surface area contributed by atoms with Crippen molar-refractivity contribution in [3.63, 3.8) is 0 Å². The highest BCUT2D eigenvalue weighted by Gasteiger charge is 2.08. The first-order chi connectivity index (χ1) is 6.67. The molecule has 4 heteroatoms. The van der Waals surface area contributed by atoms with E-state index in [1.807, 2.05) is 13.0 Å². The maximum absolute atomic E-state index is 10.2. The fourth-order valence-electron chi connectivity index (χ4n) is 1.34. The molecule has 0 saturated heterocycles. The topological polar surface area (TPSA) is 44.1 Å². The first kappa shape index (κ1) is 10.8. The lowest BCUT2D eigenvalue weighted by atomic mass is 10.1. The Labute approximate surface area is 83.9 Å². The first-order valence-electron chi connectivity index (χ1n) is 4.84. The molecule has 0 aliphatic carbocycles. The minimum atomic E-state index is 0.433. The highest BCUT2D eigenvalue weighted by atomic mass is 16.5. The van der Waals surface area contributed by atoms with Crippen LogP contribution < -0.4 is 4.74 Å². The largest absolute Gasteiger partial charge is 0.410 e. The van der Waals surface area contributed by atoms with Crippen molar-refractivity contribution in [1.82, 2.24) is 9.78 Å². The summed E-state index contributed by atoms with van der Waals surface area (Å²) in [6.07, 6.45) is 0.905. The highest BCUT2D eigenvalue weighted by molar-refractivity contribution is 5.43. The maximum atomic E-state index is 10.2. The molecule has 1 aromatic rings. The van der Waals surface area contributed by atoms with Crippen LogP contribution in [0.1, 0.15) is 26.5 Å². The van der Waals surface area contributed by atoms with E-state index in [2.05, 4.69) is 18.9 Å². The lowest BCUT2D eigenvalue weighted by molar-refractivity contribution is -0.121. The Kier molecular flexibility index (Phi) is 3.68. The summed E-state index contributed by atoms with van der Waals surface area (Å²) < 4.78 is 6.50. The third-order valence-corrected chi connectivity index (χ3v) is 1.88. The van der Waals surface area contributed by atoms with Gasteiger partial charge in [-0.3, -0.25) is 4.79 Å². The standard InChI is InChI=1S/C10H16N2O2/c1-4-12-10(14-7-13)6-9(11-12)5-8(2)3/h6-8H,4-5H2,1-3H3. The van der Waals surface area contributed by atoms with Crippen LogP contribution >= 0.6 is 0 Å². The second-order valence-corrected chi connectivity index (χ2v) is 3.60. The third-order valence-electron chi connectivity index (χ3n) is 1.88. The van der Waals surface area contributed by atoms with Gasteiger partial charge in [-0.15, -0.1) is 0 Å².